The maximum absolute atomic E-state index is 12.6. The molecule has 0 radical (unpaired) electrons. The lowest BCUT2D eigenvalue weighted by Gasteiger charge is -2.39. The molecule has 2 aliphatic rings. The highest BCUT2D eigenvalue weighted by Crippen LogP contribution is 2.36. The first-order valence-electron chi connectivity index (χ1n) is 10.6. The molecule has 30 heavy (non-hydrogen) atoms. The van der Waals surface area contributed by atoms with Crippen molar-refractivity contribution in [2.45, 2.75) is 58.6 Å². The van der Waals surface area contributed by atoms with Gasteiger partial charge < -0.3 is 15.0 Å². The molecule has 3 rings (SSSR count). The maximum atomic E-state index is 12.6. The van der Waals surface area contributed by atoms with Crippen molar-refractivity contribution in [1.82, 2.24) is 4.90 Å². The molecule has 2 fully saturated rings. The second kappa shape index (κ2) is 9.29. The number of ether oxygens (including phenoxy) is 1. The maximum Gasteiger partial charge on any atom is 0.312 e. The lowest BCUT2D eigenvalue weighted by Crippen LogP contribution is -2.45. The van der Waals surface area contributed by atoms with Crippen LogP contribution in [0.2, 0.25) is 0 Å². The van der Waals surface area contributed by atoms with Crippen molar-refractivity contribution in [3.63, 3.8) is 0 Å². The van der Waals surface area contributed by atoms with E-state index < -0.39 is 23.9 Å². The Bertz CT molecular complexity index is 862. The highest BCUT2D eigenvalue weighted by Gasteiger charge is 2.42. The molecule has 1 heterocycles. The number of esters is 1. The number of nitrogens with one attached hydrogen (secondary N) is 1. The van der Waals surface area contributed by atoms with Gasteiger partial charge in [-0.1, -0.05) is 32.8 Å². The van der Waals surface area contributed by atoms with Crippen LogP contribution in [0.5, 0.6) is 0 Å². The van der Waals surface area contributed by atoms with Crippen LogP contribution in [-0.4, -0.2) is 41.4 Å². The summed E-state index contributed by atoms with van der Waals surface area (Å²) in [7, 11) is 0. The summed E-state index contributed by atoms with van der Waals surface area (Å²) in [4.78, 5) is 39.4. The summed E-state index contributed by atoms with van der Waals surface area (Å²) in [6.45, 7) is 6.26. The molecule has 5 atom stereocenters. The third-order valence-corrected chi connectivity index (χ3v) is 6.48. The van der Waals surface area contributed by atoms with Crippen LogP contribution in [0.3, 0.4) is 0 Å². The molecular formula is C23H29N3O4. The number of hydrogen-bond donors (Lipinski definition) is 1. The number of nitriles is 1. The molecule has 1 aliphatic carbocycles. The zero-order chi connectivity index (χ0) is 21.8. The summed E-state index contributed by atoms with van der Waals surface area (Å²) in [5.41, 5.74) is 0.887. The van der Waals surface area contributed by atoms with Gasteiger partial charge in [0.05, 0.1) is 17.6 Å². The molecule has 0 bridgehead atoms. The molecule has 0 unspecified atom stereocenters. The van der Waals surface area contributed by atoms with E-state index in [4.69, 9.17) is 10.00 Å². The van der Waals surface area contributed by atoms with Gasteiger partial charge in [0.15, 0.2) is 6.10 Å². The van der Waals surface area contributed by atoms with Crippen molar-refractivity contribution in [3.05, 3.63) is 29.8 Å². The topological polar surface area (TPSA) is 99.5 Å². The molecule has 1 saturated heterocycles. The predicted octanol–water partition coefficient (Wildman–Crippen LogP) is 3.10. The van der Waals surface area contributed by atoms with Crippen molar-refractivity contribution in [2.24, 2.45) is 17.8 Å². The first-order chi connectivity index (χ1) is 14.3. The van der Waals surface area contributed by atoms with Crippen LogP contribution < -0.4 is 5.32 Å². The van der Waals surface area contributed by atoms with Gasteiger partial charge in [-0.25, -0.2) is 0 Å². The van der Waals surface area contributed by atoms with Crippen LogP contribution in [0.1, 0.15) is 52.0 Å². The number of benzene rings is 1. The van der Waals surface area contributed by atoms with E-state index in [9.17, 15) is 14.4 Å². The van der Waals surface area contributed by atoms with Gasteiger partial charge in [-0.05, 0) is 43.4 Å². The van der Waals surface area contributed by atoms with Crippen molar-refractivity contribution >= 4 is 23.5 Å². The molecule has 0 aromatic heterocycles. The molecule has 2 amide bonds. The molecule has 1 aromatic rings. The molecular weight excluding hydrogens is 382 g/mol. The normalized spacial score (nSPS) is 27.3. The fourth-order valence-electron chi connectivity index (χ4n) is 4.44. The number of anilines is 1. The standard InChI is InChI=1S/C23H29N3O4/c1-14-6-4-9-20(15(14)2)26-13-18(11-21(26)27)23(29)30-16(3)22(28)25-19-8-5-7-17(10-19)12-24/h5,7-8,10,14-16,18,20H,4,6,9,11,13H2,1-3H3,(H,25,28)/t14-,15-,16+,18-,20+/m1/s1. The summed E-state index contributed by atoms with van der Waals surface area (Å²) in [6, 6.07) is 8.69. The quantitative estimate of drug-likeness (QED) is 0.751. The van der Waals surface area contributed by atoms with Crippen molar-refractivity contribution in [1.29, 1.82) is 5.26 Å². The van der Waals surface area contributed by atoms with Gasteiger partial charge in [0.2, 0.25) is 5.91 Å². The van der Waals surface area contributed by atoms with E-state index in [1.807, 2.05) is 11.0 Å². The number of hydrogen-bond acceptors (Lipinski definition) is 5. The number of rotatable bonds is 5. The van der Waals surface area contributed by atoms with E-state index in [1.54, 1.807) is 24.3 Å². The van der Waals surface area contributed by atoms with Crippen LogP contribution in [0, 0.1) is 29.1 Å². The summed E-state index contributed by atoms with van der Waals surface area (Å²) >= 11 is 0. The van der Waals surface area contributed by atoms with E-state index in [1.165, 1.54) is 13.3 Å². The molecule has 160 valence electrons. The third kappa shape index (κ3) is 4.81. The number of amides is 2. The molecule has 1 aromatic carbocycles. The average Bonchev–Trinajstić information content (AvgIpc) is 3.11. The van der Waals surface area contributed by atoms with Crippen LogP contribution in [-0.2, 0) is 19.1 Å². The highest BCUT2D eigenvalue weighted by atomic mass is 16.5. The summed E-state index contributed by atoms with van der Waals surface area (Å²) < 4.78 is 5.36. The van der Waals surface area contributed by atoms with Crippen molar-refractivity contribution in [3.8, 4) is 6.07 Å². The Kier molecular flexibility index (Phi) is 6.76. The van der Waals surface area contributed by atoms with Crippen LogP contribution in [0.4, 0.5) is 5.69 Å². The van der Waals surface area contributed by atoms with Gasteiger partial charge in [-0.3, -0.25) is 14.4 Å². The Morgan fingerprint density at radius 3 is 2.80 bits per heavy atom. The fraction of sp³-hybridized carbons (Fsp3) is 0.565. The molecule has 7 nitrogen and oxygen atoms in total. The molecule has 1 saturated carbocycles. The van der Waals surface area contributed by atoms with E-state index in [0.29, 0.717) is 29.6 Å². The van der Waals surface area contributed by atoms with Crippen LogP contribution in [0.25, 0.3) is 0 Å². The second-order valence-electron chi connectivity index (χ2n) is 8.54. The molecule has 7 heteroatoms. The Morgan fingerprint density at radius 2 is 2.07 bits per heavy atom. The van der Waals surface area contributed by atoms with Gasteiger partial charge in [0.1, 0.15) is 0 Å². The Labute approximate surface area is 177 Å². The largest absolute Gasteiger partial charge is 0.452 e. The third-order valence-electron chi connectivity index (χ3n) is 6.48. The van der Waals surface area contributed by atoms with E-state index in [-0.39, 0.29) is 18.4 Å². The van der Waals surface area contributed by atoms with Crippen LogP contribution in [0.15, 0.2) is 24.3 Å². The average molecular weight is 412 g/mol. The van der Waals surface area contributed by atoms with E-state index in [0.717, 1.165) is 12.8 Å². The number of nitrogens with zero attached hydrogens (tertiary/aromatic N) is 2. The van der Waals surface area contributed by atoms with Crippen molar-refractivity contribution < 1.29 is 19.1 Å². The minimum atomic E-state index is -0.999. The molecule has 1 aliphatic heterocycles. The second-order valence-corrected chi connectivity index (χ2v) is 8.54. The summed E-state index contributed by atoms with van der Waals surface area (Å²) in [6.07, 6.45) is 2.38. The Morgan fingerprint density at radius 1 is 1.30 bits per heavy atom. The highest BCUT2D eigenvalue weighted by molar-refractivity contribution is 5.96. The Balaban J connectivity index is 1.55. The molecule has 0 spiro atoms. The van der Waals surface area contributed by atoms with Gasteiger partial charge in [0.25, 0.3) is 5.91 Å². The first-order valence-corrected chi connectivity index (χ1v) is 10.6. The fourth-order valence-corrected chi connectivity index (χ4v) is 4.44. The zero-order valence-corrected chi connectivity index (χ0v) is 17.8. The summed E-state index contributed by atoms with van der Waals surface area (Å²) in [5.74, 6) is -0.574. The van der Waals surface area contributed by atoms with Gasteiger partial charge in [0, 0.05) is 24.7 Å². The number of carbonyl (C=O) groups is 3. The summed E-state index contributed by atoms with van der Waals surface area (Å²) in [5, 5.41) is 11.6. The van der Waals surface area contributed by atoms with E-state index >= 15 is 0 Å². The van der Waals surface area contributed by atoms with Crippen molar-refractivity contribution in [2.75, 3.05) is 11.9 Å². The van der Waals surface area contributed by atoms with Gasteiger partial charge in [-0.15, -0.1) is 0 Å². The predicted molar refractivity (Wildman–Crippen MR) is 111 cm³/mol. The smallest absolute Gasteiger partial charge is 0.312 e. The lowest BCUT2D eigenvalue weighted by molar-refractivity contribution is -0.157. The lowest BCUT2D eigenvalue weighted by atomic mass is 9.77. The van der Waals surface area contributed by atoms with Gasteiger partial charge >= 0.3 is 5.97 Å². The minimum absolute atomic E-state index is 0.00618. The number of carbonyl (C=O) groups excluding carboxylic acids is 3. The van der Waals surface area contributed by atoms with E-state index in [2.05, 4.69) is 19.2 Å². The van der Waals surface area contributed by atoms with Gasteiger partial charge in [-0.2, -0.15) is 5.26 Å². The van der Waals surface area contributed by atoms with Crippen LogP contribution >= 0.6 is 0 Å². The monoisotopic (exact) mass is 411 g/mol. The SMILES string of the molecule is C[C@@H]1[C@H](C)CCC[C@@H]1N1C[C@H](C(=O)O[C@@H](C)C(=O)Nc2cccc(C#N)c2)CC1=O. The Hall–Kier alpha value is -2.88. The minimum Gasteiger partial charge on any atom is -0.452 e. The molecule has 1 N–H and O–H groups in total. The first kappa shape index (κ1) is 21.8. The zero-order valence-electron chi connectivity index (χ0n) is 17.8. The number of likely N-dealkylation sites (tertiary alicyclic amines) is 1.